The van der Waals surface area contributed by atoms with Crippen LogP contribution in [0.15, 0.2) is 37.4 Å². The molecule has 0 aliphatic carbocycles. The molecule has 0 saturated carbocycles. The first-order valence-corrected chi connectivity index (χ1v) is 4.00. The number of para-hydroxylation sites is 1. The molecule has 1 nitrogen and oxygen atoms in total. The van der Waals surface area contributed by atoms with Crippen molar-refractivity contribution < 1.29 is 4.74 Å². The molecule has 0 atom stereocenters. The third-order valence-corrected chi connectivity index (χ3v) is 1.57. The second-order valence-electron chi connectivity index (χ2n) is 2.17. The van der Waals surface area contributed by atoms with Crippen LogP contribution in [0, 0.1) is 0 Å². The highest BCUT2D eigenvalue weighted by atomic mass is 16.5. The topological polar surface area (TPSA) is 9.23 Å². The van der Waals surface area contributed by atoms with Crippen molar-refractivity contribution in [3.63, 3.8) is 0 Å². The van der Waals surface area contributed by atoms with Gasteiger partial charge in [-0.3, -0.25) is 0 Å². The average molecular weight is 164 g/mol. The maximum absolute atomic E-state index is 5.14. The van der Waals surface area contributed by atoms with Crippen molar-refractivity contribution in [1.82, 2.24) is 0 Å². The van der Waals surface area contributed by atoms with Gasteiger partial charge in [-0.25, -0.2) is 0 Å². The van der Waals surface area contributed by atoms with E-state index in [1.807, 2.05) is 18.2 Å². The van der Waals surface area contributed by atoms with E-state index < -0.39 is 0 Å². The molecule has 12 heavy (non-hydrogen) atoms. The van der Waals surface area contributed by atoms with Gasteiger partial charge in [0.15, 0.2) is 0 Å². The Morgan fingerprint density at radius 3 is 2.25 bits per heavy atom. The molecule has 0 amide bonds. The van der Waals surface area contributed by atoms with Crippen LogP contribution in [0.3, 0.4) is 0 Å². The lowest BCUT2D eigenvalue weighted by molar-refractivity contribution is 0.410. The molecule has 0 aromatic heterocycles. The Kier molecular flexibility index (Phi) is 5.80. The molecule has 66 valence electrons. The van der Waals surface area contributed by atoms with Crippen LogP contribution in [0.2, 0.25) is 0 Å². The molecule has 0 saturated heterocycles. The molecule has 0 fully saturated rings. The maximum atomic E-state index is 5.14. The van der Waals surface area contributed by atoms with Gasteiger partial charge in [0.25, 0.3) is 0 Å². The predicted octanol–water partition coefficient (Wildman–Crippen LogP) is 3.06. The zero-order valence-electron chi connectivity index (χ0n) is 7.84. The number of benzene rings is 1. The van der Waals surface area contributed by atoms with Gasteiger partial charge in [0.05, 0.1) is 7.11 Å². The summed E-state index contributed by atoms with van der Waals surface area (Å²) < 4.78 is 5.14. The van der Waals surface area contributed by atoms with Gasteiger partial charge in [-0.2, -0.15) is 0 Å². The van der Waals surface area contributed by atoms with E-state index in [0.717, 1.165) is 12.2 Å². The first-order chi connectivity index (χ1) is 5.88. The molecular formula is C11H16O. The normalized spacial score (nSPS) is 8.17. The lowest BCUT2D eigenvalue weighted by Gasteiger charge is -2.03. The van der Waals surface area contributed by atoms with Gasteiger partial charge in [-0.1, -0.05) is 25.1 Å². The second kappa shape index (κ2) is 6.47. The Morgan fingerprint density at radius 2 is 1.83 bits per heavy atom. The number of methoxy groups -OCH3 is 1. The number of ether oxygens (including phenoxy) is 1. The summed E-state index contributed by atoms with van der Waals surface area (Å²) in [6.07, 6.45) is 1.03. The molecule has 0 bridgehead atoms. The Morgan fingerprint density at radius 1 is 1.25 bits per heavy atom. The third kappa shape index (κ3) is 2.79. The van der Waals surface area contributed by atoms with E-state index in [1.165, 1.54) is 5.56 Å². The van der Waals surface area contributed by atoms with Gasteiger partial charge in [0.1, 0.15) is 5.75 Å². The van der Waals surface area contributed by atoms with Crippen molar-refractivity contribution in [1.29, 1.82) is 0 Å². The summed E-state index contributed by atoms with van der Waals surface area (Å²) in [6.45, 7) is 8.12. The highest BCUT2D eigenvalue weighted by molar-refractivity contribution is 5.32. The number of aryl methyl sites for hydroxylation is 1. The van der Waals surface area contributed by atoms with Crippen molar-refractivity contribution in [2.24, 2.45) is 0 Å². The molecular weight excluding hydrogens is 148 g/mol. The SMILES string of the molecule is C=C.CCc1ccccc1OC. The monoisotopic (exact) mass is 164 g/mol. The van der Waals surface area contributed by atoms with E-state index in [2.05, 4.69) is 26.1 Å². The van der Waals surface area contributed by atoms with Crippen LogP contribution in [0.5, 0.6) is 5.75 Å². The number of hydrogen-bond acceptors (Lipinski definition) is 1. The molecule has 1 heteroatoms. The van der Waals surface area contributed by atoms with Crippen molar-refractivity contribution in [2.75, 3.05) is 7.11 Å². The molecule has 1 rings (SSSR count). The number of rotatable bonds is 2. The number of hydrogen-bond donors (Lipinski definition) is 0. The highest BCUT2D eigenvalue weighted by Crippen LogP contribution is 2.16. The minimum atomic E-state index is 0.991. The molecule has 0 heterocycles. The zero-order valence-corrected chi connectivity index (χ0v) is 7.84. The van der Waals surface area contributed by atoms with Crippen LogP contribution in [0.1, 0.15) is 12.5 Å². The maximum Gasteiger partial charge on any atom is 0.122 e. The summed E-state index contributed by atoms with van der Waals surface area (Å²) in [7, 11) is 1.70. The van der Waals surface area contributed by atoms with Crippen molar-refractivity contribution >= 4 is 0 Å². The highest BCUT2D eigenvalue weighted by Gasteiger charge is 1.95. The third-order valence-electron chi connectivity index (χ3n) is 1.57. The van der Waals surface area contributed by atoms with Gasteiger partial charge in [0.2, 0.25) is 0 Å². The summed E-state index contributed by atoms with van der Waals surface area (Å²) in [5.41, 5.74) is 1.27. The summed E-state index contributed by atoms with van der Waals surface area (Å²) in [5.74, 6) is 0.991. The van der Waals surface area contributed by atoms with Gasteiger partial charge in [-0.05, 0) is 18.1 Å². The molecule has 0 aliphatic rings. The van der Waals surface area contributed by atoms with Gasteiger partial charge in [0, 0.05) is 0 Å². The molecule has 0 unspecified atom stereocenters. The van der Waals surface area contributed by atoms with Crippen LogP contribution < -0.4 is 4.74 Å². The van der Waals surface area contributed by atoms with Crippen LogP contribution >= 0.6 is 0 Å². The van der Waals surface area contributed by atoms with E-state index in [4.69, 9.17) is 4.74 Å². The smallest absolute Gasteiger partial charge is 0.122 e. The van der Waals surface area contributed by atoms with Crippen molar-refractivity contribution in [3.05, 3.63) is 43.0 Å². The van der Waals surface area contributed by atoms with E-state index >= 15 is 0 Å². The summed E-state index contributed by atoms with van der Waals surface area (Å²) in [5, 5.41) is 0. The van der Waals surface area contributed by atoms with E-state index in [9.17, 15) is 0 Å². The molecule has 1 aromatic carbocycles. The predicted molar refractivity (Wildman–Crippen MR) is 53.6 cm³/mol. The van der Waals surface area contributed by atoms with Crippen LogP contribution in [-0.4, -0.2) is 7.11 Å². The molecule has 0 radical (unpaired) electrons. The molecule has 0 N–H and O–H groups in total. The Balaban J connectivity index is 0.000000561. The van der Waals surface area contributed by atoms with Crippen LogP contribution in [0.4, 0.5) is 0 Å². The van der Waals surface area contributed by atoms with E-state index in [-0.39, 0.29) is 0 Å². The van der Waals surface area contributed by atoms with Crippen molar-refractivity contribution in [3.8, 4) is 5.75 Å². The van der Waals surface area contributed by atoms with E-state index in [0.29, 0.717) is 0 Å². The lowest BCUT2D eigenvalue weighted by atomic mass is 10.1. The molecule has 0 spiro atoms. The fourth-order valence-corrected chi connectivity index (χ4v) is 0.995. The standard InChI is InChI=1S/C9H12O.C2H4/c1-3-8-6-4-5-7-9(8)10-2;1-2/h4-7H,3H2,1-2H3;1-2H2. The Labute approximate surface area is 74.7 Å². The quantitative estimate of drug-likeness (QED) is 0.610. The Hall–Kier alpha value is -1.24. The molecule has 0 aliphatic heterocycles. The largest absolute Gasteiger partial charge is 0.496 e. The minimum absolute atomic E-state index is 0.991. The molecule has 1 aromatic rings. The van der Waals surface area contributed by atoms with Gasteiger partial charge < -0.3 is 4.74 Å². The van der Waals surface area contributed by atoms with Gasteiger partial charge >= 0.3 is 0 Å². The second-order valence-corrected chi connectivity index (χ2v) is 2.17. The van der Waals surface area contributed by atoms with Crippen LogP contribution in [-0.2, 0) is 6.42 Å². The summed E-state index contributed by atoms with van der Waals surface area (Å²) >= 11 is 0. The van der Waals surface area contributed by atoms with Crippen LogP contribution in [0.25, 0.3) is 0 Å². The first-order valence-electron chi connectivity index (χ1n) is 4.00. The average Bonchev–Trinajstić information content (AvgIpc) is 2.20. The Bertz CT molecular complexity index is 195. The van der Waals surface area contributed by atoms with Gasteiger partial charge in [-0.15, -0.1) is 13.2 Å². The fraction of sp³-hybridized carbons (Fsp3) is 0.273. The fourth-order valence-electron chi connectivity index (χ4n) is 0.995. The zero-order chi connectivity index (χ0) is 9.40. The van der Waals surface area contributed by atoms with E-state index in [1.54, 1.807) is 7.11 Å². The summed E-state index contributed by atoms with van der Waals surface area (Å²) in [6, 6.07) is 8.08. The van der Waals surface area contributed by atoms with Crippen molar-refractivity contribution in [2.45, 2.75) is 13.3 Å². The minimum Gasteiger partial charge on any atom is -0.496 e. The lowest BCUT2D eigenvalue weighted by Crippen LogP contribution is -1.88. The summed E-state index contributed by atoms with van der Waals surface area (Å²) in [4.78, 5) is 0. The first kappa shape index (κ1) is 10.8.